The van der Waals surface area contributed by atoms with Crippen molar-refractivity contribution in [1.82, 2.24) is 20.0 Å². The molecule has 1 aromatic carbocycles. The molecule has 1 aliphatic heterocycles. The van der Waals surface area contributed by atoms with Gasteiger partial charge in [-0.2, -0.15) is 5.10 Å². The summed E-state index contributed by atoms with van der Waals surface area (Å²) >= 11 is 0. The van der Waals surface area contributed by atoms with Crippen LogP contribution >= 0.6 is 0 Å². The molecular formula is C26H34N4O4. The lowest BCUT2D eigenvalue weighted by Gasteiger charge is -2.44. The molecule has 0 saturated heterocycles. The molecule has 34 heavy (non-hydrogen) atoms. The monoisotopic (exact) mass is 466 g/mol. The Morgan fingerprint density at radius 1 is 1.18 bits per heavy atom. The van der Waals surface area contributed by atoms with Gasteiger partial charge < -0.3 is 15.0 Å². The van der Waals surface area contributed by atoms with Crippen molar-refractivity contribution in [3.63, 3.8) is 0 Å². The molecule has 2 heterocycles. The van der Waals surface area contributed by atoms with E-state index in [-0.39, 0.29) is 36.7 Å². The fourth-order valence-electron chi connectivity index (χ4n) is 4.97. The lowest BCUT2D eigenvalue weighted by molar-refractivity contribution is -0.134. The van der Waals surface area contributed by atoms with Gasteiger partial charge in [0.25, 0.3) is 5.91 Å². The maximum atomic E-state index is 13.6. The van der Waals surface area contributed by atoms with Crippen molar-refractivity contribution in [2.24, 2.45) is 0 Å². The van der Waals surface area contributed by atoms with Crippen LogP contribution in [0.1, 0.15) is 78.9 Å². The normalized spacial score (nSPS) is 20.6. The summed E-state index contributed by atoms with van der Waals surface area (Å²) in [6, 6.07) is 11.7. The highest BCUT2D eigenvalue weighted by Crippen LogP contribution is 2.29. The highest BCUT2D eigenvalue weighted by atomic mass is 16.5. The summed E-state index contributed by atoms with van der Waals surface area (Å²) in [5.74, 6) is -1.02. The highest BCUT2D eigenvalue weighted by Gasteiger charge is 2.48. The van der Waals surface area contributed by atoms with Crippen LogP contribution in [-0.2, 0) is 22.5 Å². The van der Waals surface area contributed by atoms with Crippen molar-refractivity contribution >= 4 is 17.8 Å². The third-order valence-electron chi connectivity index (χ3n) is 6.90. The van der Waals surface area contributed by atoms with Crippen molar-refractivity contribution in [3.8, 4) is 0 Å². The quantitative estimate of drug-likeness (QED) is 0.602. The molecule has 4 rings (SSSR count). The Balaban J connectivity index is 1.58. The molecule has 0 radical (unpaired) electrons. The number of carbonyl (C=O) groups is 3. The summed E-state index contributed by atoms with van der Waals surface area (Å²) < 4.78 is 6.55. The van der Waals surface area contributed by atoms with Crippen LogP contribution in [0.25, 0.3) is 0 Å². The summed E-state index contributed by atoms with van der Waals surface area (Å²) in [6.07, 6.45) is 6.86. The Labute approximate surface area is 200 Å². The topological polar surface area (TPSA) is 93.5 Å². The third kappa shape index (κ3) is 5.00. The first-order chi connectivity index (χ1) is 16.4. The molecule has 1 fully saturated rings. The summed E-state index contributed by atoms with van der Waals surface area (Å²) in [7, 11) is 0. The van der Waals surface area contributed by atoms with Gasteiger partial charge in [-0.25, -0.2) is 4.79 Å². The highest BCUT2D eigenvalue weighted by molar-refractivity contribution is 6.01. The molecule has 0 bridgehead atoms. The molecule has 1 atom stereocenters. The van der Waals surface area contributed by atoms with Crippen molar-refractivity contribution in [2.75, 3.05) is 13.2 Å². The van der Waals surface area contributed by atoms with Gasteiger partial charge in [-0.05, 0) is 45.1 Å². The second-order valence-electron chi connectivity index (χ2n) is 9.42. The molecule has 2 aromatic rings. The molecule has 2 amide bonds. The molecule has 1 unspecified atom stereocenters. The molecule has 1 aromatic heterocycles. The zero-order valence-corrected chi connectivity index (χ0v) is 20.1. The number of hydrogen-bond acceptors (Lipinski definition) is 5. The fourth-order valence-corrected chi connectivity index (χ4v) is 4.97. The molecule has 1 aliphatic carbocycles. The van der Waals surface area contributed by atoms with Gasteiger partial charge in [0.1, 0.15) is 11.2 Å². The average molecular weight is 467 g/mol. The number of rotatable bonds is 8. The van der Waals surface area contributed by atoms with E-state index in [9.17, 15) is 14.4 Å². The first kappa shape index (κ1) is 24.0. The van der Waals surface area contributed by atoms with E-state index in [2.05, 4.69) is 22.5 Å². The van der Waals surface area contributed by atoms with Crippen LogP contribution < -0.4 is 5.32 Å². The summed E-state index contributed by atoms with van der Waals surface area (Å²) in [5, 5.41) is 7.52. The molecular weight excluding hydrogens is 432 g/mol. The zero-order chi connectivity index (χ0) is 24.1. The van der Waals surface area contributed by atoms with Gasteiger partial charge >= 0.3 is 5.97 Å². The first-order valence-corrected chi connectivity index (χ1v) is 12.3. The van der Waals surface area contributed by atoms with Gasteiger partial charge in [0.2, 0.25) is 5.91 Å². The number of carbonyl (C=O) groups excluding carboxylic acids is 3. The van der Waals surface area contributed by atoms with Gasteiger partial charge in [-0.15, -0.1) is 0 Å². The van der Waals surface area contributed by atoms with Gasteiger partial charge in [-0.3, -0.25) is 14.3 Å². The Morgan fingerprint density at radius 3 is 2.62 bits per heavy atom. The number of hydrogen-bond donors (Lipinski definition) is 1. The SMILES string of the molecule is CCOC(=O)c1cc2n(n1)CC(C)(C(=O)NC1CCCCC1)N(CCCc1ccccc1)C2=O. The smallest absolute Gasteiger partial charge is 0.358 e. The van der Waals surface area contributed by atoms with Crippen molar-refractivity contribution in [3.05, 3.63) is 53.3 Å². The largest absolute Gasteiger partial charge is 0.461 e. The van der Waals surface area contributed by atoms with Gasteiger partial charge in [0, 0.05) is 18.7 Å². The number of fused-ring (bicyclic) bond motifs is 1. The van der Waals surface area contributed by atoms with E-state index >= 15 is 0 Å². The number of ether oxygens (including phenoxy) is 1. The Morgan fingerprint density at radius 2 is 1.91 bits per heavy atom. The van der Waals surface area contributed by atoms with Crippen LogP contribution in [-0.4, -0.2) is 57.2 Å². The van der Waals surface area contributed by atoms with Gasteiger partial charge in [0.05, 0.1) is 13.2 Å². The molecule has 182 valence electrons. The molecule has 0 spiro atoms. The number of benzene rings is 1. The number of nitrogens with one attached hydrogen (secondary N) is 1. The molecule has 8 nitrogen and oxygen atoms in total. The molecule has 1 saturated carbocycles. The van der Waals surface area contributed by atoms with E-state index in [4.69, 9.17) is 4.74 Å². The minimum atomic E-state index is -1.10. The Hall–Kier alpha value is -3.16. The maximum absolute atomic E-state index is 13.6. The summed E-state index contributed by atoms with van der Waals surface area (Å²) in [5.41, 5.74) is 0.489. The minimum Gasteiger partial charge on any atom is -0.461 e. The van der Waals surface area contributed by atoms with Crippen LogP contribution in [0, 0.1) is 0 Å². The number of aromatic nitrogens is 2. The zero-order valence-electron chi connectivity index (χ0n) is 20.1. The number of aryl methyl sites for hydroxylation is 1. The van der Waals surface area contributed by atoms with Gasteiger partial charge in [-0.1, -0.05) is 49.6 Å². The van der Waals surface area contributed by atoms with E-state index in [1.165, 1.54) is 22.7 Å². The van der Waals surface area contributed by atoms with E-state index < -0.39 is 11.5 Å². The van der Waals surface area contributed by atoms with Crippen LogP contribution in [0.3, 0.4) is 0 Å². The number of esters is 1. The predicted octanol–water partition coefficient (Wildman–Crippen LogP) is 3.36. The lowest BCUT2D eigenvalue weighted by atomic mass is 9.91. The van der Waals surface area contributed by atoms with E-state index in [1.807, 2.05) is 18.2 Å². The maximum Gasteiger partial charge on any atom is 0.358 e. The molecule has 1 N–H and O–H groups in total. The van der Waals surface area contributed by atoms with E-state index in [0.717, 1.165) is 38.5 Å². The standard InChI is InChI=1S/C26H34N4O4/c1-3-34-24(32)21-17-22-23(31)29(16-10-13-19-11-6-4-7-12-19)26(2,18-30(22)28-21)25(33)27-20-14-8-5-9-15-20/h4,6-7,11-12,17,20H,3,5,8-10,13-16,18H2,1-2H3,(H,27,33). The third-order valence-corrected chi connectivity index (χ3v) is 6.90. The first-order valence-electron chi connectivity index (χ1n) is 12.3. The van der Waals surface area contributed by atoms with Gasteiger partial charge in [0.15, 0.2) is 5.69 Å². The van der Waals surface area contributed by atoms with Crippen LogP contribution in [0.4, 0.5) is 0 Å². The number of nitrogens with zero attached hydrogens (tertiary/aromatic N) is 3. The van der Waals surface area contributed by atoms with E-state index in [0.29, 0.717) is 12.2 Å². The van der Waals surface area contributed by atoms with Crippen LogP contribution in [0.5, 0.6) is 0 Å². The van der Waals surface area contributed by atoms with E-state index in [1.54, 1.807) is 18.7 Å². The van der Waals surface area contributed by atoms with Crippen LogP contribution in [0.15, 0.2) is 36.4 Å². The lowest BCUT2D eigenvalue weighted by Crippen LogP contribution is -2.65. The predicted molar refractivity (Wildman–Crippen MR) is 127 cm³/mol. The second-order valence-corrected chi connectivity index (χ2v) is 9.42. The average Bonchev–Trinajstić information content (AvgIpc) is 3.27. The van der Waals surface area contributed by atoms with Crippen LogP contribution in [0.2, 0.25) is 0 Å². The molecule has 8 heteroatoms. The van der Waals surface area contributed by atoms with Crippen molar-refractivity contribution in [2.45, 2.75) is 76.9 Å². The number of amides is 2. The summed E-state index contributed by atoms with van der Waals surface area (Å²) in [4.78, 5) is 41.1. The van der Waals surface area contributed by atoms with Crippen molar-refractivity contribution in [1.29, 1.82) is 0 Å². The summed E-state index contributed by atoms with van der Waals surface area (Å²) in [6.45, 7) is 4.38. The van der Waals surface area contributed by atoms with Crippen molar-refractivity contribution < 1.29 is 19.1 Å². The Bertz CT molecular complexity index is 1030. The minimum absolute atomic E-state index is 0.0892. The Kier molecular flexibility index (Phi) is 7.34. The molecule has 2 aliphatic rings. The fraction of sp³-hybridized carbons (Fsp3) is 0.538. The second kappa shape index (κ2) is 10.4.